The number of ether oxygens (including phenoxy) is 2. The van der Waals surface area contributed by atoms with Crippen LogP contribution < -0.4 is 5.32 Å². The van der Waals surface area contributed by atoms with Gasteiger partial charge in [0.05, 0.1) is 18.4 Å². The molecule has 2 heterocycles. The number of piperidine rings is 1. The number of methoxy groups -OCH3 is 1. The minimum atomic E-state index is -0.455. The second-order valence-corrected chi connectivity index (χ2v) is 6.28. The largest absolute Gasteiger partial charge is 0.376 e. The quantitative estimate of drug-likeness (QED) is 0.797. The molecule has 9 heteroatoms. The fourth-order valence-electron chi connectivity index (χ4n) is 2.91. The molecule has 27 heavy (non-hydrogen) atoms. The van der Waals surface area contributed by atoms with Crippen molar-refractivity contribution in [2.24, 2.45) is 0 Å². The number of urea groups is 1. The van der Waals surface area contributed by atoms with Crippen molar-refractivity contribution in [2.75, 3.05) is 32.1 Å². The van der Waals surface area contributed by atoms with Gasteiger partial charge in [-0.15, -0.1) is 0 Å². The summed E-state index contributed by atoms with van der Waals surface area (Å²) in [7, 11) is 1.56. The van der Waals surface area contributed by atoms with Crippen LogP contribution in [0, 0.1) is 5.82 Å². The summed E-state index contributed by atoms with van der Waals surface area (Å²) >= 11 is 0. The summed E-state index contributed by atoms with van der Waals surface area (Å²) in [6.45, 7) is 1.79. The Bertz CT molecular complexity index is 754. The van der Waals surface area contributed by atoms with Crippen molar-refractivity contribution in [1.82, 2.24) is 15.0 Å². The molecule has 2 aromatic rings. The summed E-state index contributed by atoms with van der Waals surface area (Å²) in [5, 5.41) is 6.47. The summed E-state index contributed by atoms with van der Waals surface area (Å²) in [5.74, 6) is 0.539. The van der Waals surface area contributed by atoms with Crippen LogP contribution in [-0.2, 0) is 22.5 Å². The average molecular weight is 378 g/mol. The number of carbonyl (C=O) groups excluding carboxylic acids is 1. The van der Waals surface area contributed by atoms with Gasteiger partial charge in [0.15, 0.2) is 5.82 Å². The van der Waals surface area contributed by atoms with E-state index in [-0.39, 0.29) is 24.4 Å². The molecule has 0 radical (unpaired) electrons. The zero-order valence-electron chi connectivity index (χ0n) is 15.2. The molecule has 0 aliphatic carbocycles. The first-order valence-corrected chi connectivity index (χ1v) is 8.88. The van der Waals surface area contributed by atoms with E-state index >= 15 is 0 Å². The van der Waals surface area contributed by atoms with E-state index < -0.39 is 5.82 Å². The summed E-state index contributed by atoms with van der Waals surface area (Å²) in [4.78, 5) is 18.2. The molecule has 2 amide bonds. The summed E-state index contributed by atoms with van der Waals surface area (Å²) in [5.41, 5.74) is 0.175. The number of halogens is 1. The maximum atomic E-state index is 13.7. The highest BCUT2D eigenvalue weighted by Gasteiger charge is 2.24. The van der Waals surface area contributed by atoms with Crippen molar-refractivity contribution >= 4 is 11.7 Å². The first-order valence-electron chi connectivity index (χ1n) is 8.88. The third-order valence-corrected chi connectivity index (χ3v) is 4.24. The SMILES string of the molecule is COCc1nc(CCOC2CCCN(C(=O)Nc3ccccc3F)C2)no1. The summed E-state index contributed by atoms with van der Waals surface area (Å²) in [6, 6.07) is 5.78. The lowest BCUT2D eigenvalue weighted by atomic mass is 10.1. The van der Waals surface area contributed by atoms with E-state index in [0.717, 1.165) is 12.8 Å². The molecule has 0 spiro atoms. The number of hydrogen-bond donors (Lipinski definition) is 1. The van der Waals surface area contributed by atoms with Crippen molar-refractivity contribution in [2.45, 2.75) is 32.0 Å². The van der Waals surface area contributed by atoms with E-state index in [2.05, 4.69) is 15.5 Å². The normalized spacial score (nSPS) is 17.1. The zero-order chi connectivity index (χ0) is 19.1. The average Bonchev–Trinajstić information content (AvgIpc) is 3.11. The van der Waals surface area contributed by atoms with Crippen molar-refractivity contribution < 1.29 is 23.2 Å². The number of hydrogen-bond acceptors (Lipinski definition) is 6. The number of para-hydroxylation sites is 1. The van der Waals surface area contributed by atoms with Gasteiger partial charge in [-0.25, -0.2) is 9.18 Å². The smallest absolute Gasteiger partial charge is 0.322 e. The molecule has 0 bridgehead atoms. The Morgan fingerprint density at radius 1 is 1.44 bits per heavy atom. The maximum absolute atomic E-state index is 13.7. The van der Waals surface area contributed by atoms with E-state index in [1.165, 1.54) is 12.1 Å². The number of nitrogens with one attached hydrogen (secondary N) is 1. The highest BCUT2D eigenvalue weighted by Crippen LogP contribution is 2.17. The Labute approximate surface area is 156 Å². The monoisotopic (exact) mass is 378 g/mol. The Balaban J connectivity index is 1.44. The molecule has 146 valence electrons. The van der Waals surface area contributed by atoms with Gasteiger partial charge in [0, 0.05) is 26.6 Å². The molecule has 3 rings (SSSR count). The molecule has 1 saturated heterocycles. The molecule has 1 unspecified atom stereocenters. The molecule has 1 aliphatic rings. The van der Waals surface area contributed by atoms with E-state index in [1.807, 2.05) is 0 Å². The standard InChI is InChI=1S/C18H23FN4O4/c1-25-12-17-21-16(22-27-17)8-10-26-13-5-4-9-23(11-13)18(24)20-15-7-3-2-6-14(15)19/h2-3,6-7,13H,4-5,8-12H2,1H3,(H,20,24). The van der Waals surface area contributed by atoms with Crippen LogP contribution in [0.2, 0.25) is 0 Å². The van der Waals surface area contributed by atoms with Gasteiger partial charge in [0.1, 0.15) is 12.4 Å². The van der Waals surface area contributed by atoms with E-state index in [0.29, 0.717) is 37.8 Å². The van der Waals surface area contributed by atoms with E-state index in [4.69, 9.17) is 14.0 Å². The van der Waals surface area contributed by atoms with Crippen LogP contribution >= 0.6 is 0 Å². The molecular formula is C18H23FN4O4. The predicted octanol–water partition coefficient (Wildman–Crippen LogP) is 2.61. The topological polar surface area (TPSA) is 89.7 Å². The number of rotatable bonds is 7. The van der Waals surface area contributed by atoms with Gasteiger partial charge in [-0.3, -0.25) is 0 Å². The number of carbonyl (C=O) groups is 1. The zero-order valence-corrected chi connectivity index (χ0v) is 15.2. The minimum absolute atomic E-state index is 0.0736. The molecule has 1 N–H and O–H groups in total. The minimum Gasteiger partial charge on any atom is -0.376 e. The van der Waals surface area contributed by atoms with Crippen molar-refractivity contribution in [3.63, 3.8) is 0 Å². The van der Waals surface area contributed by atoms with Gasteiger partial charge in [-0.2, -0.15) is 4.98 Å². The third kappa shape index (κ3) is 5.48. The Morgan fingerprint density at radius 3 is 3.11 bits per heavy atom. The van der Waals surface area contributed by atoms with Crippen LogP contribution in [0.15, 0.2) is 28.8 Å². The van der Waals surface area contributed by atoms with Crippen LogP contribution in [0.5, 0.6) is 0 Å². The van der Waals surface area contributed by atoms with Crippen LogP contribution in [0.1, 0.15) is 24.6 Å². The van der Waals surface area contributed by atoms with E-state index in [1.54, 1.807) is 24.1 Å². The van der Waals surface area contributed by atoms with Crippen LogP contribution in [0.4, 0.5) is 14.9 Å². The van der Waals surface area contributed by atoms with Crippen molar-refractivity contribution in [3.8, 4) is 0 Å². The number of anilines is 1. The lowest BCUT2D eigenvalue weighted by Gasteiger charge is -2.32. The van der Waals surface area contributed by atoms with Gasteiger partial charge >= 0.3 is 6.03 Å². The predicted molar refractivity (Wildman–Crippen MR) is 94.7 cm³/mol. The molecule has 1 aliphatic heterocycles. The van der Waals surface area contributed by atoms with Crippen LogP contribution in [-0.4, -0.2) is 54.0 Å². The van der Waals surface area contributed by atoms with Gasteiger partial charge in [0.25, 0.3) is 5.89 Å². The molecule has 1 atom stereocenters. The maximum Gasteiger partial charge on any atom is 0.322 e. The molecule has 1 fully saturated rings. The highest BCUT2D eigenvalue weighted by molar-refractivity contribution is 5.89. The number of amides is 2. The first kappa shape index (κ1) is 19.2. The lowest BCUT2D eigenvalue weighted by molar-refractivity contribution is 0.0120. The van der Waals surface area contributed by atoms with Crippen molar-refractivity contribution in [1.29, 1.82) is 0 Å². The Morgan fingerprint density at radius 2 is 2.30 bits per heavy atom. The van der Waals surface area contributed by atoms with Crippen LogP contribution in [0.3, 0.4) is 0 Å². The molecule has 8 nitrogen and oxygen atoms in total. The molecule has 0 saturated carbocycles. The molecule has 1 aromatic carbocycles. The van der Waals surface area contributed by atoms with Gasteiger partial charge in [-0.05, 0) is 25.0 Å². The molecular weight excluding hydrogens is 355 g/mol. The third-order valence-electron chi connectivity index (χ3n) is 4.24. The Hall–Kier alpha value is -2.52. The summed E-state index contributed by atoms with van der Waals surface area (Å²) < 4.78 is 29.5. The van der Waals surface area contributed by atoms with Gasteiger partial charge in [0.2, 0.25) is 0 Å². The fraction of sp³-hybridized carbons (Fsp3) is 0.500. The number of benzene rings is 1. The number of nitrogens with zero attached hydrogens (tertiary/aromatic N) is 3. The fourth-order valence-corrected chi connectivity index (χ4v) is 2.91. The summed E-state index contributed by atoms with van der Waals surface area (Å²) in [6.07, 6.45) is 2.14. The number of aromatic nitrogens is 2. The molecule has 1 aromatic heterocycles. The van der Waals surface area contributed by atoms with Crippen molar-refractivity contribution in [3.05, 3.63) is 41.8 Å². The lowest BCUT2D eigenvalue weighted by Crippen LogP contribution is -2.45. The highest BCUT2D eigenvalue weighted by atomic mass is 19.1. The van der Waals surface area contributed by atoms with Crippen LogP contribution in [0.25, 0.3) is 0 Å². The first-order chi connectivity index (χ1) is 13.2. The van der Waals surface area contributed by atoms with E-state index in [9.17, 15) is 9.18 Å². The second-order valence-electron chi connectivity index (χ2n) is 6.28. The number of likely N-dealkylation sites (tertiary alicyclic amines) is 1. The van der Waals surface area contributed by atoms with Gasteiger partial charge < -0.3 is 24.2 Å². The Kier molecular flexibility index (Phi) is 6.72. The second kappa shape index (κ2) is 9.43. The van der Waals surface area contributed by atoms with Gasteiger partial charge in [-0.1, -0.05) is 17.3 Å².